The number of carboxylic acid groups (broad SMARTS) is 1. The van der Waals surface area contributed by atoms with E-state index in [1.165, 1.54) is 6.07 Å². The minimum Gasteiger partial charge on any atom is -0.481 e. The lowest BCUT2D eigenvalue weighted by Crippen LogP contribution is -2.17. The average Bonchev–Trinajstić information content (AvgIpc) is 2.38. The molecule has 110 valence electrons. The van der Waals surface area contributed by atoms with E-state index in [1.807, 2.05) is 32.9 Å². The van der Waals surface area contributed by atoms with Gasteiger partial charge in [-0.15, -0.1) is 0 Å². The first-order valence-corrected chi connectivity index (χ1v) is 6.94. The highest BCUT2D eigenvalue weighted by molar-refractivity contribution is 5.78. The minimum atomic E-state index is -0.923. The lowest BCUT2D eigenvalue weighted by molar-refractivity contribution is -0.138. The second-order valence-electron chi connectivity index (χ2n) is 5.50. The molecule has 0 radical (unpaired) electrons. The maximum atomic E-state index is 13.8. The molecule has 0 saturated heterocycles. The van der Waals surface area contributed by atoms with Gasteiger partial charge in [0.15, 0.2) is 0 Å². The number of rotatable bonds is 4. The smallest absolute Gasteiger partial charge is 0.311 e. The number of benzene rings is 2. The fourth-order valence-corrected chi connectivity index (χ4v) is 2.94. The summed E-state index contributed by atoms with van der Waals surface area (Å²) in [5.74, 6) is -2.01. The van der Waals surface area contributed by atoms with Crippen LogP contribution in [0.5, 0.6) is 0 Å². The van der Waals surface area contributed by atoms with Crippen LogP contribution in [0.1, 0.15) is 33.7 Å². The maximum Gasteiger partial charge on any atom is 0.311 e. The molecular weight excluding hydrogens is 267 g/mol. The van der Waals surface area contributed by atoms with Crippen LogP contribution in [-0.2, 0) is 11.2 Å². The Kier molecular flexibility index (Phi) is 4.41. The predicted molar refractivity (Wildman–Crippen MR) is 81.1 cm³/mol. The molecule has 0 saturated carbocycles. The van der Waals surface area contributed by atoms with E-state index in [0.29, 0.717) is 5.56 Å². The zero-order valence-electron chi connectivity index (χ0n) is 12.5. The van der Waals surface area contributed by atoms with Crippen LogP contribution in [0, 0.1) is 26.6 Å². The van der Waals surface area contributed by atoms with Gasteiger partial charge >= 0.3 is 5.97 Å². The van der Waals surface area contributed by atoms with E-state index in [1.54, 1.807) is 18.2 Å². The molecule has 0 aromatic heterocycles. The number of hydrogen-bond acceptors (Lipinski definition) is 1. The number of halogens is 1. The van der Waals surface area contributed by atoms with Crippen LogP contribution in [0.15, 0.2) is 36.4 Å². The van der Waals surface area contributed by atoms with Crippen molar-refractivity contribution in [3.8, 4) is 0 Å². The van der Waals surface area contributed by atoms with E-state index in [9.17, 15) is 14.3 Å². The highest BCUT2D eigenvalue weighted by Gasteiger charge is 2.25. The van der Waals surface area contributed by atoms with E-state index in [4.69, 9.17) is 0 Å². The molecule has 2 rings (SSSR count). The molecule has 0 fully saturated rings. The van der Waals surface area contributed by atoms with Gasteiger partial charge in [0.05, 0.1) is 5.92 Å². The molecular formula is C18H19FO2. The van der Waals surface area contributed by atoms with Crippen LogP contribution >= 0.6 is 0 Å². The second-order valence-corrected chi connectivity index (χ2v) is 5.50. The molecule has 0 spiro atoms. The summed E-state index contributed by atoms with van der Waals surface area (Å²) in [4.78, 5) is 11.7. The minimum absolute atomic E-state index is 0.159. The van der Waals surface area contributed by atoms with Crippen molar-refractivity contribution in [1.82, 2.24) is 0 Å². The summed E-state index contributed by atoms with van der Waals surface area (Å²) in [6.45, 7) is 5.80. The van der Waals surface area contributed by atoms with Crippen molar-refractivity contribution < 1.29 is 14.3 Å². The number of carbonyl (C=O) groups is 1. The average molecular weight is 286 g/mol. The van der Waals surface area contributed by atoms with Gasteiger partial charge in [0.2, 0.25) is 0 Å². The van der Waals surface area contributed by atoms with E-state index >= 15 is 0 Å². The normalized spacial score (nSPS) is 12.2. The highest BCUT2D eigenvalue weighted by atomic mass is 19.1. The SMILES string of the molecule is Cc1cc(C)c(C(Cc2ccccc2F)C(=O)O)c(C)c1. The Morgan fingerprint density at radius 3 is 2.24 bits per heavy atom. The van der Waals surface area contributed by atoms with Crippen molar-refractivity contribution in [3.63, 3.8) is 0 Å². The molecule has 0 aliphatic rings. The summed E-state index contributed by atoms with van der Waals surface area (Å²) in [6.07, 6.45) is 0.159. The zero-order chi connectivity index (χ0) is 15.6. The Balaban J connectivity index is 2.46. The van der Waals surface area contributed by atoms with Crippen molar-refractivity contribution >= 4 is 5.97 Å². The molecule has 2 aromatic carbocycles. The first-order valence-electron chi connectivity index (χ1n) is 6.94. The Bertz CT molecular complexity index is 654. The van der Waals surface area contributed by atoms with Gasteiger partial charge in [-0.05, 0) is 55.5 Å². The lowest BCUT2D eigenvalue weighted by atomic mass is 9.85. The monoisotopic (exact) mass is 286 g/mol. The molecule has 21 heavy (non-hydrogen) atoms. The number of aryl methyl sites for hydroxylation is 3. The number of hydrogen-bond donors (Lipinski definition) is 1. The van der Waals surface area contributed by atoms with Gasteiger partial charge in [0.25, 0.3) is 0 Å². The quantitative estimate of drug-likeness (QED) is 0.916. The van der Waals surface area contributed by atoms with Crippen LogP contribution in [0.2, 0.25) is 0 Å². The second kappa shape index (κ2) is 6.08. The van der Waals surface area contributed by atoms with E-state index in [2.05, 4.69) is 0 Å². The molecule has 1 N–H and O–H groups in total. The molecule has 0 aliphatic heterocycles. The Labute approximate surface area is 124 Å². The third kappa shape index (κ3) is 3.30. The van der Waals surface area contributed by atoms with Crippen LogP contribution in [0.3, 0.4) is 0 Å². The first-order chi connectivity index (χ1) is 9.90. The van der Waals surface area contributed by atoms with Crippen molar-refractivity contribution in [2.75, 3.05) is 0 Å². The molecule has 2 nitrogen and oxygen atoms in total. The van der Waals surface area contributed by atoms with Crippen molar-refractivity contribution in [1.29, 1.82) is 0 Å². The molecule has 3 heteroatoms. The van der Waals surface area contributed by atoms with Crippen molar-refractivity contribution in [2.24, 2.45) is 0 Å². The van der Waals surface area contributed by atoms with Crippen LogP contribution in [-0.4, -0.2) is 11.1 Å². The van der Waals surface area contributed by atoms with Gasteiger partial charge in [-0.1, -0.05) is 35.9 Å². The lowest BCUT2D eigenvalue weighted by Gasteiger charge is -2.19. The predicted octanol–water partition coefficient (Wildman–Crippen LogP) is 4.16. The summed E-state index contributed by atoms with van der Waals surface area (Å²) in [6, 6.07) is 10.3. The largest absolute Gasteiger partial charge is 0.481 e. The van der Waals surface area contributed by atoms with Crippen LogP contribution in [0.4, 0.5) is 4.39 Å². The molecule has 2 aromatic rings. The zero-order valence-corrected chi connectivity index (χ0v) is 12.5. The summed E-state index contributed by atoms with van der Waals surface area (Å²) in [5.41, 5.74) is 4.21. The number of carboxylic acids is 1. The van der Waals surface area contributed by atoms with Gasteiger partial charge in [-0.2, -0.15) is 0 Å². The highest BCUT2D eigenvalue weighted by Crippen LogP contribution is 2.29. The van der Waals surface area contributed by atoms with Gasteiger partial charge in [-0.25, -0.2) is 4.39 Å². The van der Waals surface area contributed by atoms with Crippen molar-refractivity contribution in [2.45, 2.75) is 33.1 Å². The Morgan fingerprint density at radius 1 is 1.14 bits per heavy atom. The summed E-state index contributed by atoms with van der Waals surface area (Å²) < 4.78 is 13.8. The summed E-state index contributed by atoms with van der Waals surface area (Å²) in [7, 11) is 0. The molecule has 0 amide bonds. The van der Waals surface area contributed by atoms with Gasteiger partial charge < -0.3 is 5.11 Å². The van der Waals surface area contributed by atoms with E-state index < -0.39 is 11.9 Å². The first kappa shape index (κ1) is 15.2. The van der Waals surface area contributed by atoms with Gasteiger partial charge in [0.1, 0.15) is 5.82 Å². The molecule has 0 aliphatic carbocycles. The standard InChI is InChI=1S/C18H19FO2/c1-11-8-12(2)17(13(3)9-11)15(18(20)21)10-14-6-4-5-7-16(14)19/h4-9,15H,10H2,1-3H3,(H,20,21). The third-order valence-electron chi connectivity index (χ3n) is 3.77. The summed E-state index contributed by atoms with van der Waals surface area (Å²) >= 11 is 0. The van der Waals surface area contributed by atoms with E-state index in [-0.39, 0.29) is 12.2 Å². The number of aliphatic carboxylic acids is 1. The fraction of sp³-hybridized carbons (Fsp3) is 0.278. The molecule has 0 heterocycles. The van der Waals surface area contributed by atoms with Crippen LogP contribution in [0.25, 0.3) is 0 Å². The summed E-state index contributed by atoms with van der Waals surface area (Å²) in [5, 5.41) is 9.57. The Hall–Kier alpha value is -2.16. The maximum absolute atomic E-state index is 13.8. The van der Waals surface area contributed by atoms with E-state index in [0.717, 1.165) is 22.3 Å². The molecule has 0 bridgehead atoms. The van der Waals surface area contributed by atoms with Gasteiger partial charge in [-0.3, -0.25) is 4.79 Å². The topological polar surface area (TPSA) is 37.3 Å². The van der Waals surface area contributed by atoms with Crippen LogP contribution < -0.4 is 0 Å². The van der Waals surface area contributed by atoms with Gasteiger partial charge in [0, 0.05) is 0 Å². The molecule has 1 unspecified atom stereocenters. The Morgan fingerprint density at radius 2 is 1.71 bits per heavy atom. The fourth-order valence-electron chi connectivity index (χ4n) is 2.94. The third-order valence-corrected chi connectivity index (χ3v) is 3.77. The van der Waals surface area contributed by atoms with Crippen molar-refractivity contribution in [3.05, 3.63) is 70.0 Å². The molecule has 1 atom stereocenters.